The first-order valence-corrected chi connectivity index (χ1v) is 8.07. The third kappa shape index (κ3) is 3.29. The van der Waals surface area contributed by atoms with Gasteiger partial charge in [0.15, 0.2) is 0 Å². The maximum atomic E-state index is 4.61. The summed E-state index contributed by atoms with van der Waals surface area (Å²) < 4.78 is 2.03. The van der Waals surface area contributed by atoms with Crippen LogP contribution in [0.4, 0.5) is 5.69 Å². The number of hydrogen-bond acceptors (Lipinski definition) is 2. The minimum atomic E-state index is 0.595. The largest absolute Gasteiger partial charge is 0.361 e. The summed E-state index contributed by atoms with van der Waals surface area (Å²) in [5.41, 5.74) is 5.30. The molecule has 0 spiro atoms. The standard InChI is InChI=1S/C16H21N3.C2H6/c1-4-19-10-14-9-18(11-16(14)17-19)15-7-5-13(6-8-15)12(2)3;1-2/h5-8,10,12H,4,9,11H2,1-3H3;1-2H3. The Kier molecular flexibility index (Phi) is 5.05. The lowest BCUT2D eigenvalue weighted by Gasteiger charge is -2.18. The Morgan fingerprint density at radius 1 is 1.10 bits per heavy atom. The molecule has 0 aliphatic carbocycles. The number of aromatic nitrogens is 2. The number of fused-ring (bicyclic) bond motifs is 1. The molecule has 1 aromatic carbocycles. The molecule has 21 heavy (non-hydrogen) atoms. The van der Waals surface area contributed by atoms with Crippen LogP contribution in [0.5, 0.6) is 0 Å². The van der Waals surface area contributed by atoms with Gasteiger partial charge in [0.05, 0.1) is 12.2 Å². The molecule has 2 heterocycles. The van der Waals surface area contributed by atoms with Crippen LogP contribution in [-0.4, -0.2) is 9.78 Å². The summed E-state index contributed by atoms with van der Waals surface area (Å²) >= 11 is 0. The van der Waals surface area contributed by atoms with E-state index in [-0.39, 0.29) is 0 Å². The molecule has 0 saturated heterocycles. The molecular weight excluding hydrogens is 258 g/mol. The second kappa shape index (κ2) is 6.79. The normalized spacial score (nSPS) is 13.1. The Labute approximate surface area is 128 Å². The van der Waals surface area contributed by atoms with E-state index < -0.39 is 0 Å². The van der Waals surface area contributed by atoms with Gasteiger partial charge in [-0.3, -0.25) is 4.68 Å². The van der Waals surface area contributed by atoms with Crippen molar-refractivity contribution in [2.45, 2.75) is 60.2 Å². The Bertz CT molecular complexity index is 543. The average Bonchev–Trinajstić information content (AvgIpc) is 3.07. The van der Waals surface area contributed by atoms with Gasteiger partial charge < -0.3 is 4.90 Å². The molecule has 0 fully saturated rings. The smallest absolute Gasteiger partial charge is 0.0867 e. The second-order valence-electron chi connectivity index (χ2n) is 5.56. The van der Waals surface area contributed by atoms with Crippen molar-refractivity contribution in [1.29, 1.82) is 0 Å². The lowest BCUT2D eigenvalue weighted by molar-refractivity contribution is 0.639. The van der Waals surface area contributed by atoms with Gasteiger partial charge in [0.2, 0.25) is 0 Å². The molecule has 1 aliphatic heterocycles. The van der Waals surface area contributed by atoms with E-state index >= 15 is 0 Å². The fraction of sp³-hybridized carbons (Fsp3) is 0.500. The first-order chi connectivity index (χ1) is 10.2. The zero-order valence-corrected chi connectivity index (χ0v) is 13.9. The molecule has 2 aromatic rings. The topological polar surface area (TPSA) is 21.1 Å². The van der Waals surface area contributed by atoms with Gasteiger partial charge >= 0.3 is 0 Å². The monoisotopic (exact) mass is 285 g/mol. The Morgan fingerprint density at radius 2 is 1.76 bits per heavy atom. The van der Waals surface area contributed by atoms with Crippen molar-refractivity contribution in [1.82, 2.24) is 9.78 Å². The van der Waals surface area contributed by atoms with E-state index in [0.717, 1.165) is 19.6 Å². The molecule has 3 nitrogen and oxygen atoms in total. The van der Waals surface area contributed by atoms with Crippen molar-refractivity contribution in [2.24, 2.45) is 0 Å². The molecule has 0 radical (unpaired) electrons. The van der Waals surface area contributed by atoms with Crippen LogP contribution in [0, 0.1) is 0 Å². The van der Waals surface area contributed by atoms with Crippen molar-refractivity contribution in [3.63, 3.8) is 0 Å². The lowest BCUT2D eigenvalue weighted by Crippen LogP contribution is -2.15. The number of nitrogens with zero attached hydrogens (tertiary/aromatic N) is 3. The van der Waals surface area contributed by atoms with Gasteiger partial charge in [-0.05, 0) is 30.5 Å². The first-order valence-electron chi connectivity index (χ1n) is 8.07. The number of aryl methyl sites for hydroxylation is 1. The van der Waals surface area contributed by atoms with E-state index in [1.165, 1.54) is 22.5 Å². The van der Waals surface area contributed by atoms with Crippen LogP contribution in [0.15, 0.2) is 30.5 Å². The quantitative estimate of drug-likeness (QED) is 0.823. The lowest BCUT2D eigenvalue weighted by atomic mass is 10.0. The molecule has 0 N–H and O–H groups in total. The van der Waals surface area contributed by atoms with Crippen LogP contribution in [0.3, 0.4) is 0 Å². The van der Waals surface area contributed by atoms with Gasteiger partial charge in [0.25, 0.3) is 0 Å². The third-order valence-corrected chi connectivity index (χ3v) is 3.88. The summed E-state index contributed by atoms with van der Waals surface area (Å²) in [4.78, 5) is 2.39. The highest BCUT2D eigenvalue weighted by atomic mass is 15.3. The molecule has 0 saturated carbocycles. The summed E-state index contributed by atoms with van der Waals surface area (Å²) in [6.45, 7) is 13.5. The highest BCUT2D eigenvalue weighted by molar-refractivity contribution is 5.51. The molecule has 0 amide bonds. The van der Waals surface area contributed by atoms with E-state index in [1.54, 1.807) is 0 Å². The SMILES string of the molecule is CC.CCn1cc2c(n1)CN(c1ccc(C(C)C)cc1)C2. The summed E-state index contributed by atoms with van der Waals surface area (Å²) in [6.07, 6.45) is 2.18. The first kappa shape index (κ1) is 15.6. The van der Waals surface area contributed by atoms with Gasteiger partial charge in [-0.15, -0.1) is 0 Å². The van der Waals surface area contributed by atoms with Crippen molar-refractivity contribution >= 4 is 5.69 Å². The molecule has 3 heteroatoms. The third-order valence-electron chi connectivity index (χ3n) is 3.88. The minimum absolute atomic E-state index is 0.595. The minimum Gasteiger partial charge on any atom is -0.361 e. The zero-order chi connectivity index (χ0) is 15.4. The van der Waals surface area contributed by atoms with Crippen LogP contribution in [-0.2, 0) is 19.6 Å². The van der Waals surface area contributed by atoms with E-state index in [0.29, 0.717) is 5.92 Å². The maximum Gasteiger partial charge on any atom is 0.0867 e. The Hall–Kier alpha value is -1.77. The van der Waals surface area contributed by atoms with Crippen LogP contribution in [0.25, 0.3) is 0 Å². The van der Waals surface area contributed by atoms with Gasteiger partial charge in [0.1, 0.15) is 0 Å². The number of anilines is 1. The average molecular weight is 285 g/mol. The predicted octanol–water partition coefficient (Wildman–Crippen LogP) is 4.57. The predicted molar refractivity (Wildman–Crippen MR) is 89.7 cm³/mol. The van der Waals surface area contributed by atoms with Crippen LogP contribution >= 0.6 is 0 Å². The van der Waals surface area contributed by atoms with Crippen molar-refractivity contribution in [3.05, 3.63) is 47.3 Å². The van der Waals surface area contributed by atoms with Crippen molar-refractivity contribution in [3.8, 4) is 0 Å². The molecule has 1 aliphatic rings. The molecule has 1 aromatic heterocycles. The van der Waals surface area contributed by atoms with Crippen LogP contribution in [0.2, 0.25) is 0 Å². The van der Waals surface area contributed by atoms with Gasteiger partial charge in [-0.25, -0.2) is 0 Å². The summed E-state index contributed by atoms with van der Waals surface area (Å²) in [7, 11) is 0. The molecular formula is C18H27N3. The van der Waals surface area contributed by atoms with E-state index in [2.05, 4.69) is 61.2 Å². The molecule has 0 atom stereocenters. The second-order valence-corrected chi connectivity index (χ2v) is 5.56. The molecule has 3 rings (SSSR count). The Morgan fingerprint density at radius 3 is 2.29 bits per heavy atom. The highest BCUT2D eigenvalue weighted by Gasteiger charge is 2.22. The maximum absolute atomic E-state index is 4.61. The zero-order valence-electron chi connectivity index (χ0n) is 13.9. The van der Waals surface area contributed by atoms with Crippen LogP contribution < -0.4 is 4.90 Å². The van der Waals surface area contributed by atoms with Crippen LogP contribution in [0.1, 0.15) is 57.4 Å². The van der Waals surface area contributed by atoms with E-state index in [9.17, 15) is 0 Å². The van der Waals surface area contributed by atoms with E-state index in [1.807, 2.05) is 18.5 Å². The molecule has 114 valence electrons. The highest BCUT2D eigenvalue weighted by Crippen LogP contribution is 2.28. The van der Waals surface area contributed by atoms with Gasteiger partial charge in [-0.1, -0.05) is 39.8 Å². The fourth-order valence-corrected chi connectivity index (χ4v) is 2.62. The fourth-order valence-electron chi connectivity index (χ4n) is 2.62. The van der Waals surface area contributed by atoms with E-state index in [4.69, 9.17) is 0 Å². The van der Waals surface area contributed by atoms with Crippen molar-refractivity contribution in [2.75, 3.05) is 4.90 Å². The molecule has 0 bridgehead atoms. The number of rotatable bonds is 3. The summed E-state index contributed by atoms with van der Waals surface area (Å²) in [5, 5.41) is 4.61. The van der Waals surface area contributed by atoms with Gasteiger partial charge in [-0.2, -0.15) is 5.10 Å². The summed E-state index contributed by atoms with van der Waals surface area (Å²) in [6, 6.07) is 8.94. The number of hydrogen-bond donors (Lipinski definition) is 0. The number of benzene rings is 1. The summed E-state index contributed by atoms with van der Waals surface area (Å²) in [5.74, 6) is 0.595. The Balaban J connectivity index is 0.000000774. The van der Waals surface area contributed by atoms with Gasteiger partial charge in [0, 0.05) is 30.5 Å². The molecule has 0 unspecified atom stereocenters. The van der Waals surface area contributed by atoms with Crippen molar-refractivity contribution < 1.29 is 0 Å².